The number of rotatable bonds is 6. The maximum Gasteiger partial charge on any atom is 0.307 e. The van der Waals surface area contributed by atoms with Gasteiger partial charge in [-0.1, -0.05) is 11.6 Å². The Bertz CT molecular complexity index is 719. The van der Waals surface area contributed by atoms with Crippen LogP contribution >= 0.6 is 22.9 Å². The van der Waals surface area contributed by atoms with Crippen LogP contribution in [0.25, 0.3) is 0 Å². The van der Waals surface area contributed by atoms with Crippen molar-refractivity contribution in [2.45, 2.75) is 25.8 Å². The van der Waals surface area contributed by atoms with E-state index in [9.17, 15) is 9.90 Å². The van der Waals surface area contributed by atoms with Crippen molar-refractivity contribution in [2.75, 3.05) is 19.7 Å². The Hall–Kier alpha value is -1.56. The van der Waals surface area contributed by atoms with Crippen molar-refractivity contribution in [3.05, 3.63) is 51.2 Å². The molecule has 134 valence electrons. The van der Waals surface area contributed by atoms with Gasteiger partial charge >= 0.3 is 5.97 Å². The zero-order chi connectivity index (χ0) is 17.8. The van der Waals surface area contributed by atoms with Gasteiger partial charge in [-0.25, -0.2) is 0 Å². The summed E-state index contributed by atoms with van der Waals surface area (Å²) in [5, 5.41) is 14.3. The Morgan fingerprint density at radius 3 is 3.00 bits per heavy atom. The molecule has 2 heterocycles. The van der Waals surface area contributed by atoms with Crippen molar-refractivity contribution in [1.29, 1.82) is 0 Å². The number of hydrogen-bond donors (Lipinski definition) is 1. The Morgan fingerprint density at radius 1 is 1.48 bits per heavy atom. The standard InChI is InChI=1S/C19H22ClNO3S/c1-2-24-17-6-5-15(20)10-16(17)18(14-7-9-25-12-14)21-8-3-4-13(11-21)19(22)23/h5-7,9-10,12-13,18H,2-4,8,11H2,1H3,(H,22,23). The number of ether oxygens (including phenoxy) is 1. The summed E-state index contributed by atoms with van der Waals surface area (Å²) >= 11 is 7.92. The Kier molecular flexibility index (Phi) is 5.99. The minimum absolute atomic E-state index is 0.0475. The lowest BCUT2D eigenvalue weighted by atomic mass is 9.92. The van der Waals surface area contributed by atoms with Gasteiger partial charge in [0.15, 0.2) is 0 Å². The van der Waals surface area contributed by atoms with Gasteiger partial charge in [0.25, 0.3) is 0 Å². The van der Waals surface area contributed by atoms with E-state index in [4.69, 9.17) is 16.3 Å². The van der Waals surface area contributed by atoms with Gasteiger partial charge in [0.1, 0.15) is 5.75 Å². The molecular formula is C19H22ClNO3S. The van der Waals surface area contributed by atoms with Crippen LogP contribution in [-0.2, 0) is 4.79 Å². The van der Waals surface area contributed by atoms with Crippen molar-refractivity contribution in [2.24, 2.45) is 5.92 Å². The number of aliphatic carboxylic acids is 1. The number of carbonyl (C=O) groups is 1. The van der Waals surface area contributed by atoms with Gasteiger partial charge in [-0.3, -0.25) is 9.69 Å². The minimum atomic E-state index is -0.718. The van der Waals surface area contributed by atoms with Crippen molar-refractivity contribution >= 4 is 28.9 Å². The van der Waals surface area contributed by atoms with Crippen LogP contribution in [0.15, 0.2) is 35.0 Å². The van der Waals surface area contributed by atoms with Gasteiger partial charge in [-0.05, 0) is 66.9 Å². The van der Waals surface area contributed by atoms with E-state index in [1.54, 1.807) is 11.3 Å². The molecule has 1 fully saturated rings. The van der Waals surface area contributed by atoms with Crippen LogP contribution in [0.5, 0.6) is 5.75 Å². The van der Waals surface area contributed by atoms with E-state index < -0.39 is 5.97 Å². The molecule has 0 bridgehead atoms. The Balaban J connectivity index is 2.02. The molecule has 1 aliphatic heterocycles. The summed E-state index contributed by atoms with van der Waals surface area (Å²) in [6, 6.07) is 7.72. The van der Waals surface area contributed by atoms with E-state index in [0.717, 1.165) is 36.3 Å². The Morgan fingerprint density at radius 2 is 2.32 bits per heavy atom. The molecule has 1 saturated heterocycles. The summed E-state index contributed by atoms with van der Waals surface area (Å²) < 4.78 is 5.84. The molecule has 2 atom stereocenters. The zero-order valence-electron chi connectivity index (χ0n) is 14.2. The van der Waals surface area contributed by atoms with E-state index >= 15 is 0 Å². The number of likely N-dealkylation sites (tertiary alicyclic amines) is 1. The minimum Gasteiger partial charge on any atom is -0.494 e. The first kappa shape index (κ1) is 18.2. The molecule has 0 amide bonds. The molecule has 25 heavy (non-hydrogen) atoms. The van der Waals surface area contributed by atoms with Crippen molar-refractivity contribution in [1.82, 2.24) is 4.90 Å². The maximum absolute atomic E-state index is 11.5. The van der Waals surface area contributed by atoms with Gasteiger partial charge in [0.05, 0.1) is 18.6 Å². The summed E-state index contributed by atoms with van der Waals surface area (Å²) in [5.41, 5.74) is 2.15. The largest absolute Gasteiger partial charge is 0.494 e. The summed E-state index contributed by atoms with van der Waals surface area (Å²) in [6.45, 7) is 3.93. The molecule has 1 N–H and O–H groups in total. The van der Waals surface area contributed by atoms with Crippen LogP contribution in [0.2, 0.25) is 5.02 Å². The first-order chi connectivity index (χ1) is 12.1. The summed E-state index contributed by atoms with van der Waals surface area (Å²) in [4.78, 5) is 13.7. The van der Waals surface area contributed by atoms with E-state index in [2.05, 4.69) is 16.3 Å². The molecule has 1 aromatic heterocycles. The second kappa shape index (κ2) is 8.21. The van der Waals surface area contributed by atoms with Crippen LogP contribution in [0.1, 0.15) is 36.9 Å². The third-order valence-electron chi connectivity index (χ3n) is 4.59. The van der Waals surface area contributed by atoms with E-state index in [0.29, 0.717) is 18.2 Å². The fourth-order valence-corrected chi connectivity index (χ4v) is 4.34. The molecule has 0 spiro atoms. The van der Waals surface area contributed by atoms with Crippen LogP contribution < -0.4 is 4.74 Å². The van der Waals surface area contributed by atoms with E-state index in [-0.39, 0.29) is 12.0 Å². The summed E-state index contributed by atoms with van der Waals surface area (Å²) in [6.07, 6.45) is 1.61. The number of benzene rings is 1. The highest BCUT2D eigenvalue weighted by atomic mass is 35.5. The lowest BCUT2D eigenvalue weighted by Gasteiger charge is -2.37. The first-order valence-electron chi connectivity index (χ1n) is 8.51. The highest BCUT2D eigenvalue weighted by Gasteiger charge is 2.32. The molecule has 1 aromatic carbocycles. The average molecular weight is 380 g/mol. The molecule has 2 aromatic rings. The highest BCUT2D eigenvalue weighted by Crippen LogP contribution is 2.39. The zero-order valence-corrected chi connectivity index (χ0v) is 15.7. The number of thiophene rings is 1. The maximum atomic E-state index is 11.5. The smallest absolute Gasteiger partial charge is 0.307 e. The van der Waals surface area contributed by atoms with Crippen LogP contribution in [0, 0.1) is 5.92 Å². The van der Waals surface area contributed by atoms with Crippen LogP contribution in [0.4, 0.5) is 0 Å². The molecule has 0 aliphatic carbocycles. The summed E-state index contributed by atoms with van der Waals surface area (Å²) in [7, 11) is 0. The number of nitrogens with zero attached hydrogens (tertiary/aromatic N) is 1. The number of piperidine rings is 1. The lowest BCUT2D eigenvalue weighted by Crippen LogP contribution is -2.41. The summed E-state index contributed by atoms with van der Waals surface area (Å²) in [5.74, 6) is -0.241. The van der Waals surface area contributed by atoms with Gasteiger partial charge in [0.2, 0.25) is 0 Å². The topological polar surface area (TPSA) is 49.8 Å². The molecular weight excluding hydrogens is 358 g/mol. The van der Waals surface area contributed by atoms with Gasteiger partial charge in [-0.15, -0.1) is 0 Å². The molecule has 0 saturated carbocycles. The second-order valence-corrected chi connectivity index (χ2v) is 7.46. The molecule has 4 nitrogen and oxygen atoms in total. The highest BCUT2D eigenvalue weighted by molar-refractivity contribution is 7.08. The first-order valence-corrected chi connectivity index (χ1v) is 9.83. The average Bonchev–Trinajstić information content (AvgIpc) is 3.12. The van der Waals surface area contributed by atoms with E-state index in [1.165, 1.54) is 0 Å². The number of carboxylic acid groups (broad SMARTS) is 1. The van der Waals surface area contributed by atoms with Crippen molar-refractivity contribution in [3.63, 3.8) is 0 Å². The molecule has 3 rings (SSSR count). The van der Waals surface area contributed by atoms with Crippen LogP contribution in [-0.4, -0.2) is 35.7 Å². The fourth-order valence-electron chi connectivity index (χ4n) is 3.48. The quantitative estimate of drug-likeness (QED) is 0.791. The predicted molar refractivity (Wildman–Crippen MR) is 101 cm³/mol. The molecule has 6 heteroatoms. The molecule has 1 aliphatic rings. The van der Waals surface area contributed by atoms with Crippen LogP contribution in [0.3, 0.4) is 0 Å². The SMILES string of the molecule is CCOc1ccc(Cl)cc1C(c1ccsc1)N1CCCC(C(=O)O)C1. The molecule has 0 radical (unpaired) electrons. The van der Waals surface area contributed by atoms with Gasteiger partial charge < -0.3 is 9.84 Å². The normalized spacial score (nSPS) is 19.5. The Labute approximate surface area is 157 Å². The van der Waals surface area contributed by atoms with Gasteiger partial charge in [-0.2, -0.15) is 11.3 Å². The molecule has 2 unspecified atom stereocenters. The third-order valence-corrected chi connectivity index (χ3v) is 5.53. The number of hydrogen-bond acceptors (Lipinski definition) is 4. The number of halogens is 1. The van der Waals surface area contributed by atoms with Crippen molar-refractivity contribution in [3.8, 4) is 5.75 Å². The van der Waals surface area contributed by atoms with Gasteiger partial charge in [0, 0.05) is 17.1 Å². The fraction of sp³-hybridized carbons (Fsp3) is 0.421. The monoisotopic (exact) mass is 379 g/mol. The third kappa shape index (κ3) is 4.17. The lowest BCUT2D eigenvalue weighted by molar-refractivity contribution is -0.143. The predicted octanol–water partition coefficient (Wildman–Crippen LogP) is 4.69. The van der Waals surface area contributed by atoms with E-state index in [1.807, 2.05) is 30.5 Å². The second-order valence-electron chi connectivity index (χ2n) is 6.25. The van der Waals surface area contributed by atoms with Crippen molar-refractivity contribution < 1.29 is 14.6 Å². The number of carboxylic acids is 1.